The molecule has 3 saturated carbocycles. The molecule has 20 heavy (non-hydrogen) atoms. The minimum Gasteiger partial charge on any atom is -0.0848 e. The second kappa shape index (κ2) is 4.37. The second-order valence-electron chi connectivity index (χ2n) is 8.98. The summed E-state index contributed by atoms with van der Waals surface area (Å²) in [6.45, 7) is 7.81. The summed E-state index contributed by atoms with van der Waals surface area (Å²) < 4.78 is 0. The van der Waals surface area contributed by atoms with Crippen LogP contribution in [0.1, 0.15) is 78.6 Å². The summed E-state index contributed by atoms with van der Waals surface area (Å²) in [6, 6.07) is 0. The highest BCUT2D eigenvalue weighted by molar-refractivity contribution is 5.23. The first-order chi connectivity index (χ1) is 9.56. The Balaban J connectivity index is 1.68. The topological polar surface area (TPSA) is 0 Å². The van der Waals surface area contributed by atoms with Crippen LogP contribution in [-0.2, 0) is 0 Å². The maximum absolute atomic E-state index is 2.64. The Kier molecular flexibility index (Phi) is 2.93. The highest BCUT2D eigenvalue weighted by Gasteiger charge is 2.57. The minimum absolute atomic E-state index is 0.592. The standard InChI is InChI=1S/C20H32/c1-14-7-10-17-16-9-8-15-6-4-5-12-20(15,3)18(16)11-13-19(14,17)2/h6,14,16-18H,4-5,7-13H2,1-3H3/t14-,16-,17-,18-,19+,20-/m0/s1. The van der Waals surface area contributed by atoms with Gasteiger partial charge >= 0.3 is 0 Å². The average Bonchev–Trinajstić information content (AvgIpc) is 2.74. The zero-order valence-electron chi connectivity index (χ0n) is 13.8. The molecule has 0 heterocycles. The van der Waals surface area contributed by atoms with Gasteiger partial charge in [0, 0.05) is 0 Å². The lowest BCUT2D eigenvalue weighted by atomic mass is 9.47. The van der Waals surface area contributed by atoms with Gasteiger partial charge < -0.3 is 0 Å². The van der Waals surface area contributed by atoms with E-state index in [0.29, 0.717) is 10.8 Å². The van der Waals surface area contributed by atoms with E-state index in [9.17, 15) is 0 Å². The van der Waals surface area contributed by atoms with Crippen molar-refractivity contribution in [2.75, 3.05) is 0 Å². The number of hydrogen-bond donors (Lipinski definition) is 0. The van der Waals surface area contributed by atoms with Crippen molar-refractivity contribution in [3.63, 3.8) is 0 Å². The summed E-state index contributed by atoms with van der Waals surface area (Å²) in [5.41, 5.74) is 3.14. The lowest BCUT2D eigenvalue weighted by molar-refractivity contribution is -0.0486. The molecule has 0 heteroatoms. The summed E-state index contributed by atoms with van der Waals surface area (Å²) in [6.07, 6.45) is 15.9. The van der Waals surface area contributed by atoms with Gasteiger partial charge in [-0.25, -0.2) is 0 Å². The molecule has 0 radical (unpaired) electrons. The first kappa shape index (κ1) is 13.4. The van der Waals surface area contributed by atoms with E-state index >= 15 is 0 Å². The summed E-state index contributed by atoms with van der Waals surface area (Å²) in [5.74, 6) is 4.10. The Morgan fingerprint density at radius 3 is 2.70 bits per heavy atom. The van der Waals surface area contributed by atoms with Gasteiger partial charge in [-0.3, -0.25) is 0 Å². The Morgan fingerprint density at radius 1 is 1.00 bits per heavy atom. The fraction of sp³-hybridized carbons (Fsp3) is 0.900. The summed E-state index contributed by atoms with van der Waals surface area (Å²) in [5, 5.41) is 0. The number of allylic oxidation sites excluding steroid dienone is 2. The number of rotatable bonds is 0. The highest BCUT2D eigenvalue weighted by Crippen LogP contribution is 2.66. The van der Waals surface area contributed by atoms with Crippen LogP contribution in [0.15, 0.2) is 11.6 Å². The third-order valence-corrected chi connectivity index (χ3v) is 8.50. The maximum Gasteiger partial charge on any atom is -0.00853 e. The van der Waals surface area contributed by atoms with Gasteiger partial charge in [0.15, 0.2) is 0 Å². The van der Waals surface area contributed by atoms with Crippen molar-refractivity contribution in [3.05, 3.63) is 11.6 Å². The van der Waals surface area contributed by atoms with Crippen molar-refractivity contribution in [2.24, 2.45) is 34.5 Å². The number of fused-ring (bicyclic) bond motifs is 5. The van der Waals surface area contributed by atoms with Gasteiger partial charge in [0.05, 0.1) is 0 Å². The molecule has 112 valence electrons. The molecule has 0 nitrogen and oxygen atoms in total. The van der Waals surface area contributed by atoms with E-state index in [0.717, 1.165) is 23.7 Å². The molecular weight excluding hydrogens is 240 g/mol. The summed E-state index contributed by atoms with van der Waals surface area (Å²) in [4.78, 5) is 0. The SMILES string of the molecule is C[C@H]1CC[C@H]2[C@@H]3CCC4=CCCC[C@]4(C)[C@H]3CC[C@]12C. The molecule has 0 spiro atoms. The molecule has 0 aromatic carbocycles. The molecule has 0 saturated heterocycles. The largest absolute Gasteiger partial charge is 0.0848 e. The van der Waals surface area contributed by atoms with E-state index in [1.807, 2.05) is 5.57 Å². The van der Waals surface area contributed by atoms with Crippen molar-refractivity contribution < 1.29 is 0 Å². The van der Waals surface area contributed by atoms with Crippen LogP contribution >= 0.6 is 0 Å². The van der Waals surface area contributed by atoms with E-state index in [1.54, 1.807) is 0 Å². The Morgan fingerprint density at radius 2 is 1.85 bits per heavy atom. The molecule has 4 aliphatic carbocycles. The summed E-state index contributed by atoms with van der Waals surface area (Å²) >= 11 is 0. The van der Waals surface area contributed by atoms with Crippen LogP contribution in [0.4, 0.5) is 0 Å². The van der Waals surface area contributed by atoms with E-state index in [-0.39, 0.29) is 0 Å². The van der Waals surface area contributed by atoms with Crippen LogP contribution in [0.3, 0.4) is 0 Å². The van der Waals surface area contributed by atoms with Gasteiger partial charge in [-0.05, 0) is 92.3 Å². The van der Waals surface area contributed by atoms with Gasteiger partial charge in [-0.1, -0.05) is 32.4 Å². The summed E-state index contributed by atoms with van der Waals surface area (Å²) in [7, 11) is 0. The minimum atomic E-state index is 0.592. The average molecular weight is 272 g/mol. The molecule has 0 bridgehead atoms. The van der Waals surface area contributed by atoms with E-state index in [1.165, 1.54) is 57.8 Å². The lowest BCUT2D eigenvalue weighted by Gasteiger charge is -2.58. The van der Waals surface area contributed by atoms with Crippen molar-refractivity contribution in [1.29, 1.82) is 0 Å². The van der Waals surface area contributed by atoms with E-state index in [2.05, 4.69) is 26.8 Å². The molecule has 0 aromatic rings. The molecule has 0 unspecified atom stereocenters. The zero-order chi connectivity index (χ0) is 14.0. The molecule has 0 aromatic heterocycles. The van der Waals surface area contributed by atoms with Crippen molar-refractivity contribution in [3.8, 4) is 0 Å². The van der Waals surface area contributed by atoms with Crippen LogP contribution < -0.4 is 0 Å². The van der Waals surface area contributed by atoms with Crippen LogP contribution in [0.25, 0.3) is 0 Å². The fourth-order valence-corrected chi connectivity index (χ4v) is 7.02. The highest BCUT2D eigenvalue weighted by atomic mass is 14.6. The van der Waals surface area contributed by atoms with Gasteiger partial charge in [0.2, 0.25) is 0 Å². The Bertz CT molecular complexity index is 433. The molecule has 0 amide bonds. The Hall–Kier alpha value is -0.260. The first-order valence-corrected chi connectivity index (χ1v) is 9.25. The van der Waals surface area contributed by atoms with Crippen molar-refractivity contribution in [2.45, 2.75) is 78.6 Å². The van der Waals surface area contributed by atoms with Crippen molar-refractivity contribution >= 4 is 0 Å². The molecule has 0 N–H and O–H groups in total. The van der Waals surface area contributed by atoms with Crippen LogP contribution in [0.2, 0.25) is 0 Å². The molecule has 6 atom stereocenters. The molecular formula is C20H32. The zero-order valence-corrected chi connectivity index (χ0v) is 13.8. The van der Waals surface area contributed by atoms with E-state index in [4.69, 9.17) is 0 Å². The van der Waals surface area contributed by atoms with Gasteiger partial charge in [-0.15, -0.1) is 0 Å². The van der Waals surface area contributed by atoms with Crippen molar-refractivity contribution in [1.82, 2.24) is 0 Å². The smallest absolute Gasteiger partial charge is 0.00853 e. The molecule has 4 aliphatic rings. The number of hydrogen-bond acceptors (Lipinski definition) is 0. The first-order valence-electron chi connectivity index (χ1n) is 9.25. The quantitative estimate of drug-likeness (QED) is 0.476. The van der Waals surface area contributed by atoms with Gasteiger partial charge in [0.1, 0.15) is 0 Å². The third kappa shape index (κ3) is 1.60. The van der Waals surface area contributed by atoms with Gasteiger partial charge in [0.25, 0.3) is 0 Å². The fourth-order valence-electron chi connectivity index (χ4n) is 7.02. The van der Waals surface area contributed by atoms with Crippen LogP contribution in [0.5, 0.6) is 0 Å². The predicted molar refractivity (Wildman–Crippen MR) is 85.5 cm³/mol. The third-order valence-electron chi connectivity index (χ3n) is 8.50. The predicted octanol–water partition coefficient (Wildman–Crippen LogP) is 5.98. The van der Waals surface area contributed by atoms with Gasteiger partial charge in [-0.2, -0.15) is 0 Å². The van der Waals surface area contributed by atoms with E-state index < -0.39 is 0 Å². The molecule has 3 fully saturated rings. The maximum atomic E-state index is 2.64. The Labute approximate surface area is 125 Å². The normalized spacial score (nSPS) is 54.6. The van der Waals surface area contributed by atoms with Crippen LogP contribution in [-0.4, -0.2) is 0 Å². The molecule has 0 aliphatic heterocycles. The lowest BCUT2D eigenvalue weighted by Crippen LogP contribution is -2.49. The monoisotopic (exact) mass is 272 g/mol. The second-order valence-corrected chi connectivity index (χ2v) is 8.98. The van der Waals surface area contributed by atoms with Crippen LogP contribution in [0, 0.1) is 34.5 Å². The molecule has 4 rings (SSSR count).